The van der Waals surface area contributed by atoms with Crippen LogP contribution >= 0.6 is 0 Å². The fourth-order valence-corrected chi connectivity index (χ4v) is 1.26. The van der Waals surface area contributed by atoms with E-state index < -0.39 is 0 Å². The van der Waals surface area contributed by atoms with Crippen LogP contribution in [0, 0.1) is 0 Å². The summed E-state index contributed by atoms with van der Waals surface area (Å²) < 4.78 is 0. The van der Waals surface area contributed by atoms with E-state index in [2.05, 4.69) is 48.5 Å². The smallest absolute Gasteiger partial charge is 0.252 e. The number of benzene rings is 2. The van der Waals surface area contributed by atoms with Crippen molar-refractivity contribution in [2.24, 2.45) is 0 Å². The first-order valence-corrected chi connectivity index (χ1v) is 4.52. The van der Waals surface area contributed by atoms with E-state index in [0.717, 1.165) is 8.05 Å². The second kappa shape index (κ2) is 6.00. The van der Waals surface area contributed by atoms with Gasteiger partial charge in [-0.3, -0.25) is 0 Å². The Hall–Kier alpha value is -1.54. The molecule has 2 heteroatoms. The summed E-state index contributed by atoms with van der Waals surface area (Å²) in [6.07, 6.45) is 0. The highest BCUT2D eigenvalue weighted by Gasteiger charge is 1.91. The molecule has 0 saturated carbocycles. The molecule has 0 fully saturated rings. The first kappa shape index (κ1) is 10.5. The molecule has 2 aromatic rings. The standard InChI is InChI=1S/C12H10.BH3O/c1-3-7-11(8-4-1)12-9-5-2-6-10-12;1-2/h1-10H;2H,1H2. The highest BCUT2D eigenvalue weighted by atomic mass is 16.2. The topological polar surface area (TPSA) is 20.2 Å². The van der Waals surface area contributed by atoms with Gasteiger partial charge in [0, 0.05) is 0 Å². The van der Waals surface area contributed by atoms with Crippen molar-refractivity contribution in [1.29, 1.82) is 0 Å². The lowest BCUT2D eigenvalue weighted by molar-refractivity contribution is 0.629. The third-order valence-electron chi connectivity index (χ3n) is 1.88. The van der Waals surface area contributed by atoms with Gasteiger partial charge in [0.25, 0.3) is 8.05 Å². The molecule has 1 nitrogen and oxygen atoms in total. The zero-order valence-corrected chi connectivity index (χ0v) is 8.22. The van der Waals surface area contributed by atoms with Gasteiger partial charge in [-0.25, -0.2) is 0 Å². The monoisotopic (exact) mass is 184 g/mol. The molecular formula is C12H13BO. The van der Waals surface area contributed by atoms with Crippen LogP contribution in [0.2, 0.25) is 0 Å². The van der Waals surface area contributed by atoms with E-state index in [1.165, 1.54) is 11.1 Å². The van der Waals surface area contributed by atoms with Gasteiger partial charge in [0.1, 0.15) is 0 Å². The molecule has 0 amide bonds. The van der Waals surface area contributed by atoms with E-state index in [1.54, 1.807) is 0 Å². The molecule has 70 valence electrons. The Kier molecular flexibility index (Phi) is 4.52. The molecule has 0 aromatic heterocycles. The molecule has 0 radical (unpaired) electrons. The lowest BCUT2D eigenvalue weighted by Gasteiger charge is -1.98. The minimum Gasteiger partial charge on any atom is -0.458 e. The molecule has 1 N–H and O–H groups in total. The summed E-state index contributed by atoms with van der Waals surface area (Å²) >= 11 is 0. The Morgan fingerprint density at radius 1 is 0.571 bits per heavy atom. The molecule has 0 atom stereocenters. The fraction of sp³-hybridized carbons (Fsp3) is 0. The lowest BCUT2D eigenvalue weighted by Crippen LogP contribution is -1.73. The lowest BCUT2D eigenvalue weighted by atomic mass is 10.1. The number of rotatable bonds is 1. The molecule has 0 spiro atoms. The Morgan fingerprint density at radius 2 is 0.857 bits per heavy atom. The van der Waals surface area contributed by atoms with Crippen molar-refractivity contribution in [3.8, 4) is 11.1 Å². The van der Waals surface area contributed by atoms with Crippen LogP contribution in [0.5, 0.6) is 0 Å². The molecular weight excluding hydrogens is 171 g/mol. The van der Waals surface area contributed by atoms with Crippen LogP contribution in [-0.4, -0.2) is 13.1 Å². The highest BCUT2D eigenvalue weighted by Crippen LogP contribution is 2.17. The molecule has 0 aliphatic rings. The summed E-state index contributed by atoms with van der Waals surface area (Å²) in [5.74, 6) is 0. The van der Waals surface area contributed by atoms with E-state index in [4.69, 9.17) is 5.02 Å². The zero-order chi connectivity index (χ0) is 10.2. The second-order valence-electron chi connectivity index (χ2n) is 2.73. The van der Waals surface area contributed by atoms with Crippen molar-refractivity contribution in [3.63, 3.8) is 0 Å². The summed E-state index contributed by atoms with van der Waals surface area (Å²) in [7, 11) is 1.00. The first-order valence-electron chi connectivity index (χ1n) is 4.52. The van der Waals surface area contributed by atoms with Crippen LogP contribution in [0.4, 0.5) is 0 Å². The van der Waals surface area contributed by atoms with Crippen LogP contribution in [0.1, 0.15) is 0 Å². The van der Waals surface area contributed by atoms with Crippen LogP contribution in [0.3, 0.4) is 0 Å². The van der Waals surface area contributed by atoms with Gasteiger partial charge in [-0.1, -0.05) is 60.7 Å². The normalized spacial score (nSPS) is 8.64. The summed E-state index contributed by atoms with van der Waals surface area (Å²) in [4.78, 5) is 0. The van der Waals surface area contributed by atoms with Gasteiger partial charge in [-0.15, -0.1) is 0 Å². The van der Waals surface area contributed by atoms with E-state index in [1.807, 2.05) is 12.1 Å². The molecule has 2 rings (SSSR count). The first-order chi connectivity index (χ1) is 6.97. The predicted octanol–water partition coefficient (Wildman–Crippen LogP) is 1.88. The number of hydrogen-bond donors (Lipinski definition) is 1. The van der Waals surface area contributed by atoms with Gasteiger partial charge in [0.2, 0.25) is 0 Å². The van der Waals surface area contributed by atoms with Crippen molar-refractivity contribution in [2.75, 3.05) is 0 Å². The van der Waals surface area contributed by atoms with Crippen molar-refractivity contribution in [2.45, 2.75) is 0 Å². The summed E-state index contributed by atoms with van der Waals surface area (Å²) in [6.45, 7) is 0. The summed E-state index contributed by atoms with van der Waals surface area (Å²) in [5, 5.41) is 7.00. The van der Waals surface area contributed by atoms with Crippen LogP contribution in [-0.2, 0) is 0 Å². The molecule has 0 bridgehead atoms. The van der Waals surface area contributed by atoms with Gasteiger partial charge in [-0.05, 0) is 11.1 Å². The van der Waals surface area contributed by atoms with Crippen LogP contribution in [0.25, 0.3) is 11.1 Å². The van der Waals surface area contributed by atoms with Crippen LogP contribution < -0.4 is 0 Å². The van der Waals surface area contributed by atoms with E-state index in [9.17, 15) is 0 Å². The third kappa shape index (κ3) is 2.75. The Bertz CT molecular complexity index is 308. The minimum atomic E-state index is 1.00. The van der Waals surface area contributed by atoms with Crippen molar-refractivity contribution >= 4 is 8.05 Å². The Labute approximate surface area is 85.5 Å². The van der Waals surface area contributed by atoms with Gasteiger partial charge >= 0.3 is 0 Å². The molecule has 2 aromatic carbocycles. The maximum atomic E-state index is 7.00. The fourth-order valence-electron chi connectivity index (χ4n) is 1.26. The summed E-state index contributed by atoms with van der Waals surface area (Å²) in [5.41, 5.74) is 2.55. The molecule has 0 aliphatic carbocycles. The SMILES string of the molecule is BO.c1ccc(-c2ccccc2)cc1. The van der Waals surface area contributed by atoms with Crippen molar-refractivity contribution in [3.05, 3.63) is 60.7 Å². The third-order valence-corrected chi connectivity index (χ3v) is 1.88. The average molecular weight is 184 g/mol. The molecule has 0 heterocycles. The summed E-state index contributed by atoms with van der Waals surface area (Å²) in [6, 6.07) is 20.8. The highest BCUT2D eigenvalue weighted by molar-refractivity contribution is 5.95. The molecule has 0 aliphatic heterocycles. The van der Waals surface area contributed by atoms with Crippen molar-refractivity contribution < 1.29 is 5.02 Å². The molecule has 0 saturated heterocycles. The van der Waals surface area contributed by atoms with Crippen molar-refractivity contribution in [1.82, 2.24) is 0 Å². The van der Waals surface area contributed by atoms with Gasteiger partial charge in [0.15, 0.2) is 0 Å². The maximum absolute atomic E-state index is 7.00. The van der Waals surface area contributed by atoms with E-state index in [-0.39, 0.29) is 0 Å². The van der Waals surface area contributed by atoms with E-state index in [0.29, 0.717) is 0 Å². The Morgan fingerprint density at radius 3 is 1.14 bits per heavy atom. The zero-order valence-electron chi connectivity index (χ0n) is 8.22. The average Bonchev–Trinajstić information content (AvgIpc) is 2.34. The van der Waals surface area contributed by atoms with Gasteiger partial charge < -0.3 is 5.02 Å². The van der Waals surface area contributed by atoms with Gasteiger partial charge in [0.05, 0.1) is 0 Å². The van der Waals surface area contributed by atoms with Gasteiger partial charge in [-0.2, -0.15) is 0 Å². The predicted molar refractivity (Wildman–Crippen MR) is 62.6 cm³/mol. The second-order valence-corrected chi connectivity index (χ2v) is 2.73. The molecule has 14 heavy (non-hydrogen) atoms. The Balaban J connectivity index is 0.000000461. The molecule has 0 unspecified atom stereocenters. The maximum Gasteiger partial charge on any atom is 0.252 e. The quantitative estimate of drug-likeness (QED) is 0.671. The number of hydrogen-bond acceptors (Lipinski definition) is 1. The minimum absolute atomic E-state index is 1.00. The van der Waals surface area contributed by atoms with Crippen LogP contribution in [0.15, 0.2) is 60.7 Å². The largest absolute Gasteiger partial charge is 0.458 e. The van der Waals surface area contributed by atoms with E-state index >= 15 is 0 Å².